The van der Waals surface area contributed by atoms with E-state index in [0.29, 0.717) is 11.8 Å². The van der Waals surface area contributed by atoms with Crippen LogP contribution in [0.2, 0.25) is 0 Å². The minimum Gasteiger partial charge on any atom is -0.256 e. The maximum absolute atomic E-state index is 9.86. The van der Waals surface area contributed by atoms with E-state index in [0.717, 1.165) is 44.2 Å². The third kappa shape index (κ3) is 7.43. The highest BCUT2D eigenvalue weighted by Gasteiger charge is 2.36. The average Bonchev–Trinajstić information content (AvgIpc) is 2.87. The summed E-state index contributed by atoms with van der Waals surface area (Å²) in [5.74, 6) is 1.23. The van der Waals surface area contributed by atoms with E-state index >= 15 is 0 Å². The number of aromatic nitrogens is 1. The molecular weight excluding hydrogens is 400 g/mol. The van der Waals surface area contributed by atoms with Gasteiger partial charge in [-0.3, -0.25) is 4.98 Å². The van der Waals surface area contributed by atoms with Crippen molar-refractivity contribution in [2.75, 3.05) is 0 Å². The Labute approximate surface area is 202 Å². The number of rotatable bonds is 12. The molecule has 0 bridgehead atoms. The fourth-order valence-electron chi connectivity index (χ4n) is 5.46. The zero-order chi connectivity index (χ0) is 23.5. The minimum absolute atomic E-state index is 0.0902. The lowest BCUT2D eigenvalue weighted by molar-refractivity contribution is 0.198. The van der Waals surface area contributed by atoms with Crippen molar-refractivity contribution in [2.24, 2.45) is 11.3 Å². The Kier molecular flexibility index (Phi) is 9.98. The average molecular weight is 445 g/mol. The topological polar surface area (TPSA) is 36.7 Å². The molecule has 33 heavy (non-hydrogen) atoms. The summed E-state index contributed by atoms with van der Waals surface area (Å²) in [5, 5.41) is 9.86. The normalized spacial score (nSPS) is 21.5. The Morgan fingerprint density at radius 1 is 0.970 bits per heavy atom. The number of pyridine rings is 1. The van der Waals surface area contributed by atoms with Crippen LogP contribution in [0.1, 0.15) is 115 Å². The van der Waals surface area contributed by atoms with Crippen LogP contribution in [0.15, 0.2) is 42.6 Å². The Hall–Kier alpha value is -2.14. The van der Waals surface area contributed by atoms with Gasteiger partial charge in [0.05, 0.1) is 17.2 Å². The largest absolute Gasteiger partial charge is 0.256 e. The molecule has 1 unspecified atom stereocenters. The third-order valence-electron chi connectivity index (χ3n) is 7.94. The second-order valence-electron chi connectivity index (χ2n) is 10.6. The molecule has 0 aliphatic heterocycles. The Morgan fingerprint density at radius 3 is 2.27 bits per heavy atom. The number of nitrogens with zero attached hydrogens (tertiary/aromatic N) is 2. The van der Waals surface area contributed by atoms with Gasteiger partial charge in [0.2, 0.25) is 0 Å². The van der Waals surface area contributed by atoms with Crippen LogP contribution in [-0.4, -0.2) is 4.98 Å². The van der Waals surface area contributed by atoms with Crippen LogP contribution in [0, 0.1) is 22.7 Å². The van der Waals surface area contributed by atoms with Crippen LogP contribution in [0.25, 0.3) is 11.3 Å². The molecule has 0 amide bonds. The van der Waals surface area contributed by atoms with Crippen LogP contribution in [0.5, 0.6) is 0 Å². The van der Waals surface area contributed by atoms with Gasteiger partial charge in [0, 0.05) is 11.8 Å². The zero-order valence-electron chi connectivity index (χ0n) is 21.3. The van der Waals surface area contributed by atoms with E-state index in [1.165, 1.54) is 61.6 Å². The first-order valence-electron chi connectivity index (χ1n) is 13.6. The van der Waals surface area contributed by atoms with Gasteiger partial charge in [-0.25, -0.2) is 0 Å². The highest BCUT2D eigenvalue weighted by Crippen LogP contribution is 2.46. The zero-order valence-corrected chi connectivity index (χ0v) is 21.3. The molecule has 1 aliphatic carbocycles. The molecule has 1 fully saturated rings. The third-order valence-corrected chi connectivity index (χ3v) is 7.94. The van der Waals surface area contributed by atoms with Crippen molar-refractivity contribution in [3.05, 3.63) is 53.7 Å². The first kappa shape index (κ1) is 25.5. The molecule has 1 aromatic heterocycles. The molecule has 0 radical (unpaired) electrons. The van der Waals surface area contributed by atoms with Crippen molar-refractivity contribution < 1.29 is 0 Å². The fourth-order valence-corrected chi connectivity index (χ4v) is 5.46. The molecule has 1 atom stereocenters. The van der Waals surface area contributed by atoms with E-state index < -0.39 is 0 Å². The number of nitriles is 1. The van der Waals surface area contributed by atoms with Gasteiger partial charge in [-0.1, -0.05) is 89.6 Å². The number of benzene rings is 1. The second-order valence-corrected chi connectivity index (χ2v) is 10.6. The van der Waals surface area contributed by atoms with Gasteiger partial charge < -0.3 is 0 Å². The summed E-state index contributed by atoms with van der Waals surface area (Å²) in [7, 11) is 0. The van der Waals surface area contributed by atoms with Crippen molar-refractivity contribution in [3.8, 4) is 17.3 Å². The monoisotopic (exact) mass is 444 g/mol. The van der Waals surface area contributed by atoms with Gasteiger partial charge in [-0.05, 0) is 74.0 Å². The first-order chi connectivity index (χ1) is 16.1. The first-order valence-corrected chi connectivity index (χ1v) is 13.6. The van der Waals surface area contributed by atoms with Gasteiger partial charge in [-0.15, -0.1) is 0 Å². The molecule has 1 heterocycles. The maximum atomic E-state index is 9.86. The second kappa shape index (κ2) is 12.9. The molecule has 178 valence electrons. The molecule has 0 spiro atoms. The molecule has 2 heteroatoms. The SMILES string of the molecule is CCCCCCCCc1ccc(-c2ccc(C3CCC(C#N)(CC(C)CC)CC3)cc2)nc1. The summed E-state index contributed by atoms with van der Waals surface area (Å²) in [6.45, 7) is 6.80. The van der Waals surface area contributed by atoms with E-state index in [2.05, 4.69) is 69.4 Å². The summed E-state index contributed by atoms with van der Waals surface area (Å²) in [6, 6.07) is 16.2. The molecule has 1 aliphatic rings. The fraction of sp³-hybridized carbons (Fsp3) is 0.613. The molecule has 0 saturated heterocycles. The van der Waals surface area contributed by atoms with E-state index in [9.17, 15) is 5.26 Å². The van der Waals surface area contributed by atoms with E-state index in [-0.39, 0.29) is 5.41 Å². The predicted molar refractivity (Wildman–Crippen MR) is 140 cm³/mol. The molecule has 2 aromatic rings. The van der Waals surface area contributed by atoms with Crippen LogP contribution in [0.3, 0.4) is 0 Å². The smallest absolute Gasteiger partial charge is 0.0702 e. The van der Waals surface area contributed by atoms with Crippen LogP contribution < -0.4 is 0 Å². The van der Waals surface area contributed by atoms with Crippen molar-refractivity contribution in [2.45, 2.75) is 110 Å². The lowest BCUT2D eigenvalue weighted by atomic mass is 9.66. The maximum Gasteiger partial charge on any atom is 0.0702 e. The molecular formula is C31H44N2. The number of hydrogen-bond donors (Lipinski definition) is 0. The van der Waals surface area contributed by atoms with Gasteiger partial charge >= 0.3 is 0 Å². The molecule has 0 N–H and O–H groups in total. The van der Waals surface area contributed by atoms with E-state index in [1.807, 2.05) is 0 Å². The summed E-state index contributed by atoms with van der Waals surface area (Å²) in [5.41, 5.74) is 4.95. The Bertz CT molecular complexity index is 851. The Balaban J connectivity index is 1.51. The van der Waals surface area contributed by atoms with Gasteiger partial charge in [0.1, 0.15) is 0 Å². The van der Waals surface area contributed by atoms with E-state index in [4.69, 9.17) is 4.98 Å². The highest BCUT2D eigenvalue weighted by molar-refractivity contribution is 5.59. The van der Waals surface area contributed by atoms with Gasteiger partial charge in [0.15, 0.2) is 0 Å². The number of aryl methyl sites for hydroxylation is 1. The quantitative estimate of drug-likeness (QED) is 0.306. The lowest BCUT2D eigenvalue weighted by Crippen LogP contribution is -2.27. The van der Waals surface area contributed by atoms with Crippen LogP contribution >= 0.6 is 0 Å². The lowest BCUT2D eigenvalue weighted by Gasteiger charge is -2.36. The number of unbranched alkanes of at least 4 members (excludes halogenated alkanes) is 5. The van der Waals surface area contributed by atoms with Gasteiger partial charge in [0.25, 0.3) is 0 Å². The van der Waals surface area contributed by atoms with Crippen LogP contribution in [0.4, 0.5) is 0 Å². The van der Waals surface area contributed by atoms with Crippen molar-refractivity contribution in [3.63, 3.8) is 0 Å². The van der Waals surface area contributed by atoms with Gasteiger partial charge in [-0.2, -0.15) is 5.26 Å². The predicted octanol–water partition coefficient (Wildman–Crippen LogP) is 9.26. The molecule has 1 saturated carbocycles. The summed E-state index contributed by atoms with van der Waals surface area (Å²) >= 11 is 0. The highest BCUT2D eigenvalue weighted by atomic mass is 14.7. The molecule has 1 aromatic carbocycles. The standard InChI is InChI=1S/C31H44N2/c1-4-6-7-8-9-10-11-26-12-17-30(33-23-26)29-15-13-27(14-16-29)28-18-20-31(24-32,21-19-28)22-25(3)5-2/h12-17,23,25,28H,4-11,18-22H2,1-3H3. The Morgan fingerprint density at radius 2 is 1.67 bits per heavy atom. The summed E-state index contributed by atoms with van der Waals surface area (Å²) in [6.07, 6.45) is 17.8. The van der Waals surface area contributed by atoms with Crippen LogP contribution in [-0.2, 0) is 6.42 Å². The molecule has 3 rings (SSSR count). The van der Waals surface area contributed by atoms with Crippen molar-refractivity contribution in [1.82, 2.24) is 4.98 Å². The van der Waals surface area contributed by atoms with Crippen molar-refractivity contribution >= 4 is 0 Å². The number of hydrogen-bond acceptors (Lipinski definition) is 2. The summed E-state index contributed by atoms with van der Waals surface area (Å²) < 4.78 is 0. The molecule has 2 nitrogen and oxygen atoms in total. The minimum atomic E-state index is -0.0902. The van der Waals surface area contributed by atoms with Crippen molar-refractivity contribution in [1.29, 1.82) is 5.26 Å². The van der Waals surface area contributed by atoms with E-state index in [1.54, 1.807) is 0 Å². The summed E-state index contributed by atoms with van der Waals surface area (Å²) in [4.78, 5) is 4.75.